The minimum atomic E-state index is -3.18. The van der Waals surface area contributed by atoms with Gasteiger partial charge in [0.15, 0.2) is 6.21 Å². The van der Waals surface area contributed by atoms with Crippen molar-refractivity contribution in [2.45, 2.75) is 0 Å². The van der Waals surface area contributed by atoms with E-state index in [2.05, 4.69) is 11.3 Å². The summed E-state index contributed by atoms with van der Waals surface area (Å²) in [5, 5.41) is 3.63. The van der Waals surface area contributed by atoms with Gasteiger partial charge in [0.1, 0.15) is 13.2 Å². The SMILES string of the molecule is C[N+]1(S(C)(=O)=O)C=C[C]=N1. The van der Waals surface area contributed by atoms with Crippen LogP contribution < -0.4 is 0 Å². The molecule has 55 valence electrons. The second kappa shape index (κ2) is 1.90. The van der Waals surface area contributed by atoms with E-state index in [-0.39, 0.29) is 0 Å². The fourth-order valence-electron chi connectivity index (χ4n) is 0.538. The maximum atomic E-state index is 10.9. The van der Waals surface area contributed by atoms with Gasteiger partial charge >= 0.3 is 10.0 Å². The Hall–Kier alpha value is -0.680. The molecule has 0 fully saturated rings. The highest BCUT2D eigenvalue weighted by Gasteiger charge is 2.33. The van der Waals surface area contributed by atoms with Gasteiger partial charge in [-0.2, -0.15) is 8.42 Å². The molecule has 0 aromatic rings. The quantitative estimate of drug-likeness (QED) is 0.498. The first-order valence-electron chi connectivity index (χ1n) is 2.68. The summed E-state index contributed by atoms with van der Waals surface area (Å²) in [6.45, 7) is 0. The first-order valence-corrected chi connectivity index (χ1v) is 4.52. The predicted molar refractivity (Wildman–Crippen MR) is 37.6 cm³/mol. The van der Waals surface area contributed by atoms with Crippen LogP contribution in [0.1, 0.15) is 0 Å². The van der Waals surface area contributed by atoms with Gasteiger partial charge in [-0.3, -0.25) is 0 Å². The molecule has 1 aliphatic heterocycles. The van der Waals surface area contributed by atoms with Gasteiger partial charge in [-0.1, -0.05) is 9.10 Å². The minimum absolute atomic E-state index is 0.424. The average Bonchev–Trinajstić information content (AvgIpc) is 2.13. The molecule has 0 N–H and O–H groups in total. The van der Waals surface area contributed by atoms with Gasteiger partial charge in [-0.05, 0) is 0 Å². The van der Waals surface area contributed by atoms with Crippen molar-refractivity contribution in [1.82, 2.24) is 0 Å². The van der Waals surface area contributed by atoms with E-state index in [1.807, 2.05) is 0 Å². The van der Waals surface area contributed by atoms with Crippen LogP contribution >= 0.6 is 0 Å². The summed E-state index contributed by atoms with van der Waals surface area (Å²) in [6, 6.07) is 0. The predicted octanol–water partition coefficient (Wildman–Crippen LogP) is -0.217. The van der Waals surface area contributed by atoms with Crippen molar-refractivity contribution in [3.8, 4) is 0 Å². The Kier molecular flexibility index (Phi) is 1.41. The highest BCUT2D eigenvalue weighted by atomic mass is 32.2. The van der Waals surface area contributed by atoms with Crippen LogP contribution in [0.4, 0.5) is 0 Å². The molecule has 1 unspecified atom stereocenters. The largest absolute Gasteiger partial charge is 0.322 e. The molecular formula is C5H8N2O2S+. The molecule has 10 heavy (non-hydrogen) atoms. The fraction of sp³-hybridized carbons (Fsp3) is 0.400. The monoisotopic (exact) mass is 160 g/mol. The first-order chi connectivity index (χ1) is 4.46. The Morgan fingerprint density at radius 1 is 1.60 bits per heavy atom. The summed E-state index contributed by atoms with van der Waals surface area (Å²) in [5.74, 6) is 0. The van der Waals surface area contributed by atoms with E-state index in [1.54, 1.807) is 0 Å². The highest BCUT2D eigenvalue weighted by Crippen LogP contribution is 2.14. The summed E-state index contributed by atoms with van der Waals surface area (Å²) in [5.41, 5.74) is 0. The Morgan fingerprint density at radius 2 is 2.20 bits per heavy atom. The highest BCUT2D eigenvalue weighted by molar-refractivity contribution is 7.85. The number of quaternary nitrogens is 1. The second-order valence-corrected chi connectivity index (χ2v) is 4.43. The molecule has 1 aliphatic rings. The molecular weight excluding hydrogens is 152 g/mol. The maximum Gasteiger partial charge on any atom is 0.322 e. The lowest BCUT2D eigenvalue weighted by molar-refractivity contribution is -0.731. The third-order valence-corrected chi connectivity index (χ3v) is 2.90. The number of allylic oxidation sites excluding steroid dienone is 1. The first kappa shape index (κ1) is 7.43. The van der Waals surface area contributed by atoms with Gasteiger partial charge in [0.05, 0.1) is 6.26 Å². The van der Waals surface area contributed by atoms with Crippen molar-refractivity contribution in [3.05, 3.63) is 12.3 Å². The summed E-state index contributed by atoms with van der Waals surface area (Å²) in [6.07, 6.45) is 6.53. The lowest BCUT2D eigenvalue weighted by Gasteiger charge is -2.15. The second-order valence-electron chi connectivity index (χ2n) is 2.22. The number of hydrogen-bond acceptors (Lipinski definition) is 3. The molecule has 0 spiro atoms. The van der Waals surface area contributed by atoms with Crippen LogP contribution in [0.25, 0.3) is 0 Å². The zero-order valence-corrected chi connectivity index (χ0v) is 6.59. The van der Waals surface area contributed by atoms with Gasteiger partial charge in [-0.15, -0.1) is 0 Å². The summed E-state index contributed by atoms with van der Waals surface area (Å²) in [4.78, 5) is 0. The number of sulfonamides is 1. The van der Waals surface area contributed by atoms with Crippen molar-refractivity contribution >= 4 is 16.2 Å². The van der Waals surface area contributed by atoms with Crippen molar-refractivity contribution < 1.29 is 12.4 Å². The van der Waals surface area contributed by atoms with Crippen LogP contribution in [-0.2, 0) is 10.0 Å². The molecule has 1 atom stereocenters. The molecule has 1 rings (SSSR count). The van der Waals surface area contributed by atoms with Gasteiger partial charge in [0.2, 0.25) is 0 Å². The zero-order valence-electron chi connectivity index (χ0n) is 5.77. The van der Waals surface area contributed by atoms with Crippen LogP contribution in [0.15, 0.2) is 17.4 Å². The smallest absolute Gasteiger partial charge is 0.171 e. The van der Waals surface area contributed by atoms with Crippen molar-refractivity contribution in [2.75, 3.05) is 13.3 Å². The van der Waals surface area contributed by atoms with E-state index in [0.29, 0.717) is 0 Å². The molecule has 4 nitrogen and oxygen atoms in total. The van der Waals surface area contributed by atoms with Crippen LogP contribution in [0.5, 0.6) is 0 Å². The average molecular weight is 160 g/mol. The fourth-order valence-corrected chi connectivity index (χ4v) is 1.02. The van der Waals surface area contributed by atoms with E-state index >= 15 is 0 Å². The van der Waals surface area contributed by atoms with Crippen LogP contribution in [0.3, 0.4) is 0 Å². The number of nitrogens with zero attached hydrogens (tertiary/aromatic N) is 2. The molecule has 5 heteroatoms. The van der Waals surface area contributed by atoms with E-state index in [0.717, 1.165) is 6.26 Å². The standard InChI is InChI=1S/C5H8N2O2S/c1-7(10(2,8)9)5-3-4-6-7/h3,5H,1-2H3/q+1. The third kappa shape index (κ3) is 0.975. The third-order valence-electron chi connectivity index (χ3n) is 1.35. The Morgan fingerprint density at radius 3 is 2.40 bits per heavy atom. The minimum Gasteiger partial charge on any atom is -0.171 e. The van der Waals surface area contributed by atoms with Crippen molar-refractivity contribution in [2.24, 2.45) is 5.10 Å². The Balaban J connectivity index is 3.14. The Bertz CT molecular complexity index is 277. The molecule has 0 aromatic carbocycles. The molecule has 0 amide bonds. The van der Waals surface area contributed by atoms with E-state index in [4.69, 9.17) is 0 Å². The van der Waals surface area contributed by atoms with E-state index in [9.17, 15) is 8.42 Å². The number of rotatable bonds is 1. The topological polar surface area (TPSA) is 46.5 Å². The van der Waals surface area contributed by atoms with Gasteiger partial charge < -0.3 is 0 Å². The van der Waals surface area contributed by atoms with Crippen molar-refractivity contribution in [1.29, 1.82) is 0 Å². The van der Waals surface area contributed by atoms with Crippen LogP contribution in [0, 0.1) is 0 Å². The number of hydrogen-bond donors (Lipinski definition) is 0. The van der Waals surface area contributed by atoms with Gasteiger partial charge in [0, 0.05) is 6.08 Å². The van der Waals surface area contributed by atoms with Crippen LogP contribution in [0.2, 0.25) is 0 Å². The van der Waals surface area contributed by atoms with Crippen molar-refractivity contribution in [3.63, 3.8) is 0 Å². The van der Waals surface area contributed by atoms with E-state index < -0.39 is 14.0 Å². The Labute approximate surface area is 60.1 Å². The van der Waals surface area contributed by atoms with Gasteiger partial charge in [0.25, 0.3) is 0 Å². The molecule has 0 bridgehead atoms. The molecule has 0 saturated carbocycles. The molecule has 1 heterocycles. The maximum absolute atomic E-state index is 10.9. The molecule has 0 saturated heterocycles. The summed E-state index contributed by atoms with van der Waals surface area (Å²) in [7, 11) is -1.70. The van der Waals surface area contributed by atoms with E-state index in [1.165, 1.54) is 19.3 Å². The normalized spacial score (nSPS) is 31.4. The summed E-state index contributed by atoms with van der Waals surface area (Å²) < 4.78 is 21.5. The summed E-state index contributed by atoms with van der Waals surface area (Å²) >= 11 is 0. The molecule has 0 aromatic heterocycles. The lowest BCUT2D eigenvalue weighted by Crippen LogP contribution is -2.36. The zero-order chi connectivity index (χ0) is 7.83. The molecule has 1 radical (unpaired) electrons. The molecule has 0 aliphatic carbocycles. The lowest BCUT2D eigenvalue weighted by atomic mass is 10.7. The van der Waals surface area contributed by atoms with Crippen LogP contribution in [-0.4, -0.2) is 31.9 Å². The van der Waals surface area contributed by atoms with Gasteiger partial charge in [-0.25, -0.2) is 0 Å².